The number of hydrogen-bond donors (Lipinski definition) is 0. The predicted octanol–water partition coefficient (Wildman–Crippen LogP) is 3.63. The number of hydrogen-bond acceptors (Lipinski definition) is 3. The lowest BCUT2D eigenvalue weighted by molar-refractivity contribution is -0.130. The molecule has 1 aliphatic rings. The summed E-state index contributed by atoms with van der Waals surface area (Å²) >= 11 is 5.96. The van der Waals surface area contributed by atoms with E-state index in [-0.39, 0.29) is 10.8 Å². The van der Waals surface area contributed by atoms with E-state index in [0.29, 0.717) is 18.1 Å². The zero-order valence-corrected chi connectivity index (χ0v) is 17.2. The number of carbonyl (C=O) groups excluding carboxylic acids is 1. The van der Waals surface area contributed by atoms with Crippen LogP contribution in [0, 0.1) is 6.92 Å². The highest BCUT2D eigenvalue weighted by molar-refractivity contribution is 7.89. The number of benzene rings is 2. The fourth-order valence-electron chi connectivity index (χ4n) is 3.30. The van der Waals surface area contributed by atoms with Crippen molar-refractivity contribution in [3.8, 4) is 0 Å². The summed E-state index contributed by atoms with van der Waals surface area (Å²) in [5.74, 6) is -0.171. The van der Waals surface area contributed by atoms with Gasteiger partial charge in [0.15, 0.2) is 0 Å². The summed E-state index contributed by atoms with van der Waals surface area (Å²) in [6.45, 7) is 6.76. The summed E-state index contributed by atoms with van der Waals surface area (Å²) in [4.78, 5) is 14.8. The van der Waals surface area contributed by atoms with Crippen LogP contribution < -0.4 is 0 Å². The molecule has 2 aromatic carbocycles. The Morgan fingerprint density at radius 3 is 2.11 bits per heavy atom. The minimum absolute atomic E-state index is 0.171. The van der Waals surface area contributed by atoms with Gasteiger partial charge >= 0.3 is 0 Å². The minimum Gasteiger partial charge on any atom is -0.342 e. The Labute approximate surface area is 165 Å². The fraction of sp³-hybridized carbons (Fsp3) is 0.350. The van der Waals surface area contributed by atoms with Crippen molar-refractivity contribution in [1.82, 2.24) is 9.21 Å². The highest BCUT2D eigenvalue weighted by Gasteiger charge is 2.61. The summed E-state index contributed by atoms with van der Waals surface area (Å²) in [5.41, 5.74) is 1.74. The monoisotopic (exact) mass is 406 g/mol. The molecule has 0 N–H and O–H groups in total. The van der Waals surface area contributed by atoms with Gasteiger partial charge in [0, 0.05) is 18.1 Å². The maximum Gasteiger partial charge on any atom is 0.244 e. The highest BCUT2D eigenvalue weighted by atomic mass is 35.5. The molecule has 1 saturated heterocycles. The van der Waals surface area contributed by atoms with Crippen LogP contribution in [0.25, 0.3) is 0 Å². The topological polar surface area (TPSA) is 57.5 Å². The lowest BCUT2D eigenvalue weighted by Crippen LogP contribution is -2.36. The van der Waals surface area contributed by atoms with Crippen molar-refractivity contribution < 1.29 is 13.2 Å². The number of rotatable bonds is 6. The summed E-state index contributed by atoms with van der Waals surface area (Å²) in [5, 5.41) is 0.568. The number of nitrogens with zero attached hydrogens (tertiary/aromatic N) is 2. The van der Waals surface area contributed by atoms with E-state index in [9.17, 15) is 13.2 Å². The second-order valence-corrected chi connectivity index (χ2v) is 8.88. The number of sulfonamides is 1. The SMILES string of the molecule is CCN(CC)C(=O)[C@@H]1[C@@H](c2ccc(Cl)cc2)N1S(=O)(=O)c1ccc(C)cc1. The van der Waals surface area contributed by atoms with E-state index >= 15 is 0 Å². The maximum atomic E-state index is 13.2. The van der Waals surface area contributed by atoms with Gasteiger partial charge in [-0.15, -0.1) is 0 Å². The normalized spacial score (nSPS) is 21.7. The predicted molar refractivity (Wildman–Crippen MR) is 106 cm³/mol. The Morgan fingerprint density at radius 2 is 1.59 bits per heavy atom. The first-order valence-electron chi connectivity index (χ1n) is 8.95. The molecule has 2 aromatic rings. The third-order valence-electron chi connectivity index (χ3n) is 4.89. The van der Waals surface area contributed by atoms with Gasteiger partial charge in [0.1, 0.15) is 6.04 Å². The van der Waals surface area contributed by atoms with E-state index in [2.05, 4.69) is 0 Å². The molecule has 0 aromatic heterocycles. The van der Waals surface area contributed by atoms with Crippen molar-refractivity contribution in [2.24, 2.45) is 0 Å². The molecule has 1 aliphatic heterocycles. The summed E-state index contributed by atoms with van der Waals surface area (Å²) in [7, 11) is -3.78. The molecular formula is C20H23ClN2O3S. The second kappa shape index (κ2) is 7.62. The Bertz CT molecular complexity index is 923. The second-order valence-electron chi connectivity index (χ2n) is 6.60. The Morgan fingerprint density at radius 1 is 1.04 bits per heavy atom. The van der Waals surface area contributed by atoms with Crippen molar-refractivity contribution >= 4 is 27.5 Å². The molecule has 0 aliphatic carbocycles. The van der Waals surface area contributed by atoms with E-state index in [0.717, 1.165) is 11.1 Å². The van der Waals surface area contributed by atoms with Gasteiger partial charge in [-0.25, -0.2) is 8.42 Å². The summed E-state index contributed by atoms with van der Waals surface area (Å²) in [6, 6.07) is 12.4. The first-order chi connectivity index (χ1) is 12.8. The van der Waals surface area contributed by atoms with Crippen molar-refractivity contribution in [2.45, 2.75) is 37.8 Å². The van der Waals surface area contributed by atoms with Crippen LogP contribution in [0.1, 0.15) is 31.0 Å². The maximum absolute atomic E-state index is 13.2. The third kappa shape index (κ3) is 3.74. The average molecular weight is 407 g/mol. The first kappa shape index (κ1) is 19.9. The summed E-state index contributed by atoms with van der Waals surface area (Å²) in [6.07, 6.45) is 0. The number of carbonyl (C=O) groups is 1. The third-order valence-corrected chi connectivity index (χ3v) is 7.02. The molecule has 1 amide bonds. The fourth-order valence-corrected chi connectivity index (χ4v) is 5.13. The molecule has 1 unspecified atom stereocenters. The number of amides is 1. The molecule has 0 bridgehead atoms. The molecule has 0 saturated carbocycles. The van der Waals surface area contributed by atoms with Crippen LogP contribution in [0.15, 0.2) is 53.4 Å². The van der Waals surface area contributed by atoms with E-state index in [1.54, 1.807) is 53.4 Å². The van der Waals surface area contributed by atoms with Crippen LogP contribution in [0.3, 0.4) is 0 Å². The van der Waals surface area contributed by atoms with E-state index in [1.807, 2.05) is 20.8 Å². The lowest BCUT2D eigenvalue weighted by Gasteiger charge is -2.18. The quantitative estimate of drug-likeness (QED) is 0.688. The molecule has 7 heteroatoms. The van der Waals surface area contributed by atoms with Crippen molar-refractivity contribution in [2.75, 3.05) is 13.1 Å². The van der Waals surface area contributed by atoms with Gasteiger partial charge in [-0.1, -0.05) is 41.4 Å². The van der Waals surface area contributed by atoms with Gasteiger partial charge in [0.2, 0.25) is 15.9 Å². The molecular weight excluding hydrogens is 384 g/mol. The Balaban J connectivity index is 2.00. The van der Waals surface area contributed by atoms with Gasteiger partial charge in [-0.05, 0) is 50.6 Å². The molecule has 1 heterocycles. The van der Waals surface area contributed by atoms with Crippen molar-refractivity contribution in [3.05, 3.63) is 64.7 Å². The number of halogens is 1. The van der Waals surface area contributed by atoms with Crippen LogP contribution in [0.5, 0.6) is 0 Å². The zero-order valence-electron chi connectivity index (χ0n) is 15.6. The molecule has 0 spiro atoms. The van der Waals surface area contributed by atoms with Crippen molar-refractivity contribution in [3.63, 3.8) is 0 Å². The molecule has 5 nitrogen and oxygen atoms in total. The van der Waals surface area contributed by atoms with Crippen LogP contribution in [0.2, 0.25) is 5.02 Å². The standard InChI is InChI=1S/C20H23ClN2O3S/c1-4-22(5-2)20(24)19-18(15-8-10-16(21)11-9-15)23(19)27(25,26)17-12-6-14(3)7-13-17/h6-13,18-19H,4-5H2,1-3H3/t18-,19+,23?/m1/s1. The van der Waals surface area contributed by atoms with Crippen molar-refractivity contribution in [1.29, 1.82) is 0 Å². The van der Waals surface area contributed by atoms with Gasteiger partial charge < -0.3 is 4.90 Å². The van der Waals surface area contributed by atoms with Crippen LogP contribution >= 0.6 is 11.6 Å². The van der Waals surface area contributed by atoms with Gasteiger partial charge in [-0.2, -0.15) is 4.31 Å². The molecule has 0 radical (unpaired) electrons. The highest BCUT2D eigenvalue weighted by Crippen LogP contribution is 2.48. The number of aryl methyl sites for hydroxylation is 1. The van der Waals surface area contributed by atoms with Crippen LogP contribution in [-0.2, 0) is 14.8 Å². The summed E-state index contributed by atoms with van der Waals surface area (Å²) < 4.78 is 27.7. The van der Waals surface area contributed by atoms with E-state index in [4.69, 9.17) is 11.6 Å². The van der Waals surface area contributed by atoms with Crippen LogP contribution in [0.4, 0.5) is 0 Å². The minimum atomic E-state index is -3.78. The van der Waals surface area contributed by atoms with Crippen LogP contribution in [-0.4, -0.2) is 42.7 Å². The number of likely N-dealkylation sites (N-methyl/N-ethyl adjacent to an activating group) is 1. The first-order valence-corrected chi connectivity index (χ1v) is 10.8. The molecule has 3 rings (SSSR count). The van der Waals surface area contributed by atoms with E-state index < -0.39 is 22.1 Å². The molecule has 3 atom stereocenters. The smallest absolute Gasteiger partial charge is 0.244 e. The zero-order chi connectivity index (χ0) is 19.8. The Hall–Kier alpha value is -1.89. The largest absolute Gasteiger partial charge is 0.342 e. The lowest BCUT2D eigenvalue weighted by atomic mass is 10.1. The molecule has 1 fully saturated rings. The average Bonchev–Trinajstić information content (AvgIpc) is 3.40. The molecule has 144 valence electrons. The van der Waals surface area contributed by atoms with Gasteiger partial charge in [-0.3, -0.25) is 4.79 Å². The van der Waals surface area contributed by atoms with E-state index in [1.165, 1.54) is 4.31 Å². The van der Waals surface area contributed by atoms with Gasteiger partial charge in [0.25, 0.3) is 0 Å². The molecule has 27 heavy (non-hydrogen) atoms. The Kier molecular flexibility index (Phi) is 5.60. The van der Waals surface area contributed by atoms with Gasteiger partial charge in [0.05, 0.1) is 10.9 Å².